The number of nitrogens with one attached hydrogen (secondary N) is 1. The van der Waals surface area contributed by atoms with Crippen LogP contribution in [0.25, 0.3) is 11.5 Å². The van der Waals surface area contributed by atoms with Gasteiger partial charge in [-0.25, -0.2) is 22.8 Å². The van der Waals surface area contributed by atoms with Crippen molar-refractivity contribution in [3.63, 3.8) is 0 Å². The lowest BCUT2D eigenvalue weighted by Gasteiger charge is -2.28. The molecule has 1 aromatic carbocycles. The van der Waals surface area contributed by atoms with E-state index >= 15 is 0 Å². The van der Waals surface area contributed by atoms with Crippen molar-refractivity contribution in [3.05, 3.63) is 83.1 Å². The average molecular weight is 534 g/mol. The van der Waals surface area contributed by atoms with Crippen molar-refractivity contribution < 1.29 is 17.6 Å². The minimum Gasteiger partial charge on any atom is -0.307 e. The van der Waals surface area contributed by atoms with Crippen LogP contribution in [0, 0.1) is 5.82 Å². The van der Waals surface area contributed by atoms with Gasteiger partial charge >= 0.3 is 0 Å². The second-order valence-electron chi connectivity index (χ2n) is 9.42. The molecular weight excluding hydrogens is 509 g/mol. The third kappa shape index (κ3) is 4.25. The average Bonchev–Trinajstić information content (AvgIpc) is 3.51. The van der Waals surface area contributed by atoms with E-state index in [0.29, 0.717) is 29.1 Å². The summed E-state index contributed by atoms with van der Waals surface area (Å²) in [5.74, 6) is 0.406. The first kappa shape index (κ1) is 24.3. The van der Waals surface area contributed by atoms with E-state index in [1.807, 2.05) is 4.57 Å². The van der Waals surface area contributed by atoms with Gasteiger partial charge in [0.15, 0.2) is 10.9 Å². The molecule has 0 bridgehead atoms. The number of aryl methyl sites for hydroxylation is 1. The Balaban J connectivity index is 1.25. The van der Waals surface area contributed by atoms with Gasteiger partial charge in [-0.05, 0) is 67.3 Å². The summed E-state index contributed by atoms with van der Waals surface area (Å²) < 4.78 is 44.4. The normalized spacial score (nSPS) is 17.2. The van der Waals surface area contributed by atoms with Crippen LogP contribution in [0.4, 0.5) is 10.2 Å². The molecule has 0 radical (unpaired) electrons. The summed E-state index contributed by atoms with van der Waals surface area (Å²) >= 11 is 0. The van der Waals surface area contributed by atoms with Gasteiger partial charge < -0.3 is 9.88 Å². The fourth-order valence-corrected chi connectivity index (χ4v) is 6.33. The Morgan fingerprint density at radius 1 is 1.08 bits per heavy atom. The number of rotatable bonds is 5. The molecule has 1 N–H and O–H groups in total. The van der Waals surface area contributed by atoms with Crippen LogP contribution in [-0.4, -0.2) is 49.9 Å². The predicted octanol–water partition coefficient (Wildman–Crippen LogP) is 3.38. The number of benzene rings is 1. The molecule has 3 aromatic heterocycles. The Labute approximate surface area is 218 Å². The first-order chi connectivity index (χ1) is 18.3. The number of hydrogen-bond donors (Lipinski definition) is 1. The van der Waals surface area contributed by atoms with Crippen molar-refractivity contribution in [2.24, 2.45) is 0 Å². The molecule has 194 valence electrons. The maximum atomic E-state index is 15.0. The standard InChI is InChI=1S/C26H24FN7O3S/c1-16-8-9-23-31-32-25(34(16)23)21-5-4-6-22(29-21)30-26(35)19-13-18-15-33(12-10-17(18)14-20(19)27)38(36,37)24-7-2-3-11-28-24/h2-7,11,13-14,16H,8-10,12,15H2,1H3,(H,29,30,35)/t16-/m0/s1. The van der Waals surface area contributed by atoms with E-state index < -0.39 is 21.7 Å². The summed E-state index contributed by atoms with van der Waals surface area (Å²) in [6.07, 6.45) is 3.57. The van der Waals surface area contributed by atoms with Gasteiger partial charge in [0.25, 0.3) is 15.9 Å². The second-order valence-corrected chi connectivity index (χ2v) is 11.3. The van der Waals surface area contributed by atoms with Crippen molar-refractivity contribution in [2.75, 3.05) is 11.9 Å². The number of carbonyl (C=O) groups excluding carboxylic acids is 1. The van der Waals surface area contributed by atoms with Crippen LogP contribution in [-0.2, 0) is 29.4 Å². The van der Waals surface area contributed by atoms with Gasteiger partial charge in [-0.15, -0.1) is 10.2 Å². The lowest BCUT2D eigenvalue weighted by molar-refractivity contribution is 0.102. The minimum atomic E-state index is -3.83. The fourth-order valence-electron chi connectivity index (χ4n) is 4.98. The monoisotopic (exact) mass is 533 g/mol. The molecule has 2 aliphatic heterocycles. The topological polar surface area (TPSA) is 123 Å². The van der Waals surface area contributed by atoms with Crippen LogP contribution in [0.15, 0.2) is 59.8 Å². The van der Waals surface area contributed by atoms with E-state index in [1.54, 1.807) is 30.3 Å². The molecule has 12 heteroatoms. The van der Waals surface area contributed by atoms with Crippen LogP contribution < -0.4 is 5.32 Å². The maximum Gasteiger partial charge on any atom is 0.260 e. The lowest BCUT2D eigenvalue weighted by atomic mass is 9.97. The number of aromatic nitrogens is 5. The van der Waals surface area contributed by atoms with Crippen molar-refractivity contribution in [1.82, 2.24) is 29.0 Å². The fraction of sp³-hybridized carbons (Fsp3) is 0.269. The van der Waals surface area contributed by atoms with E-state index in [9.17, 15) is 17.6 Å². The maximum absolute atomic E-state index is 15.0. The number of amides is 1. The van der Waals surface area contributed by atoms with Crippen LogP contribution in [0.2, 0.25) is 0 Å². The number of carbonyl (C=O) groups is 1. The van der Waals surface area contributed by atoms with E-state index in [0.717, 1.165) is 18.7 Å². The largest absolute Gasteiger partial charge is 0.307 e. The Hall–Kier alpha value is -4.03. The third-order valence-corrected chi connectivity index (χ3v) is 8.73. The van der Waals surface area contributed by atoms with Crippen molar-refractivity contribution in [1.29, 1.82) is 0 Å². The number of fused-ring (bicyclic) bond motifs is 2. The molecule has 38 heavy (non-hydrogen) atoms. The van der Waals surface area contributed by atoms with Crippen molar-refractivity contribution in [3.8, 4) is 11.5 Å². The number of sulfonamides is 1. The summed E-state index contributed by atoms with van der Waals surface area (Å²) in [6, 6.07) is 12.8. The zero-order valence-corrected chi connectivity index (χ0v) is 21.3. The first-order valence-electron chi connectivity index (χ1n) is 12.3. The summed E-state index contributed by atoms with van der Waals surface area (Å²) in [6.45, 7) is 2.30. The van der Waals surface area contributed by atoms with Crippen LogP contribution in [0.5, 0.6) is 0 Å². The molecule has 1 atom stereocenters. The summed E-state index contributed by atoms with van der Waals surface area (Å²) in [5, 5.41) is 11.1. The van der Waals surface area contributed by atoms with Gasteiger partial charge in [-0.1, -0.05) is 12.1 Å². The molecular formula is C26H24FN7O3S. The van der Waals surface area contributed by atoms with Gasteiger partial charge in [0, 0.05) is 31.7 Å². The van der Waals surface area contributed by atoms with E-state index in [1.165, 1.54) is 28.7 Å². The molecule has 5 heterocycles. The number of anilines is 1. The van der Waals surface area contributed by atoms with E-state index in [4.69, 9.17) is 0 Å². The zero-order chi connectivity index (χ0) is 26.4. The Morgan fingerprint density at radius 3 is 2.76 bits per heavy atom. The molecule has 0 aliphatic carbocycles. The molecule has 0 saturated heterocycles. The SMILES string of the molecule is C[C@H]1CCc2nnc(-c3cccc(NC(=O)c4cc5c(cc4F)CCN(S(=O)(=O)c4ccccn4)C5)n3)n21. The highest BCUT2D eigenvalue weighted by Crippen LogP contribution is 2.30. The summed E-state index contributed by atoms with van der Waals surface area (Å²) in [7, 11) is -3.83. The number of pyridine rings is 2. The van der Waals surface area contributed by atoms with Gasteiger partial charge in [0.05, 0.1) is 5.56 Å². The number of halogens is 1. The molecule has 1 amide bonds. The Morgan fingerprint density at radius 2 is 1.95 bits per heavy atom. The third-order valence-electron chi connectivity index (χ3n) is 6.97. The highest BCUT2D eigenvalue weighted by molar-refractivity contribution is 7.89. The zero-order valence-electron chi connectivity index (χ0n) is 20.5. The van der Waals surface area contributed by atoms with Gasteiger partial charge in [0.1, 0.15) is 23.2 Å². The lowest BCUT2D eigenvalue weighted by Crippen LogP contribution is -2.36. The van der Waals surface area contributed by atoms with Gasteiger partial charge in [0.2, 0.25) is 0 Å². The Kier molecular flexibility index (Phi) is 6.00. The number of hydrogen-bond acceptors (Lipinski definition) is 7. The molecule has 0 spiro atoms. The predicted molar refractivity (Wildman–Crippen MR) is 136 cm³/mol. The molecule has 0 unspecified atom stereocenters. The summed E-state index contributed by atoms with van der Waals surface area (Å²) in [4.78, 5) is 21.6. The van der Waals surface area contributed by atoms with E-state index in [-0.39, 0.29) is 35.5 Å². The molecule has 10 nitrogen and oxygen atoms in total. The molecule has 4 aromatic rings. The molecule has 2 aliphatic rings. The van der Waals surface area contributed by atoms with Gasteiger partial charge in [-0.3, -0.25) is 4.79 Å². The van der Waals surface area contributed by atoms with Crippen LogP contribution in [0.3, 0.4) is 0 Å². The smallest absolute Gasteiger partial charge is 0.260 e. The van der Waals surface area contributed by atoms with Gasteiger partial charge in [-0.2, -0.15) is 4.31 Å². The molecule has 0 fully saturated rings. The minimum absolute atomic E-state index is 0.0126. The number of nitrogens with zero attached hydrogens (tertiary/aromatic N) is 6. The second kappa shape index (κ2) is 9.37. The first-order valence-corrected chi connectivity index (χ1v) is 13.7. The van der Waals surface area contributed by atoms with Crippen LogP contribution in [0.1, 0.15) is 46.7 Å². The van der Waals surface area contributed by atoms with E-state index in [2.05, 4.69) is 32.4 Å². The Bertz CT molecular complexity index is 1660. The molecule has 6 rings (SSSR count). The highest BCUT2D eigenvalue weighted by Gasteiger charge is 2.31. The molecule has 0 saturated carbocycles. The highest BCUT2D eigenvalue weighted by atomic mass is 32.2. The van der Waals surface area contributed by atoms with Crippen LogP contribution >= 0.6 is 0 Å². The van der Waals surface area contributed by atoms with Crippen molar-refractivity contribution in [2.45, 2.75) is 43.8 Å². The summed E-state index contributed by atoms with van der Waals surface area (Å²) in [5.41, 5.74) is 1.60. The quantitative estimate of drug-likeness (QED) is 0.417. The van der Waals surface area contributed by atoms with Crippen molar-refractivity contribution >= 4 is 21.7 Å².